The van der Waals surface area contributed by atoms with E-state index in [-0.39, 0.29) is 17.5 Å². The van der Waals surface area contributed by atoms with Crippen LogP contribution in [0.15, 0.2) is 40.2 Å². The Balaban J connectivity index is 1.57. The van der Waals surface area contributed by atoms with Crippen LogP contribution in [0.4, 0.5) is 11.5 Å². The van der Waals surface area contributed by atoms with Crippen molar-refractivity contribution in [2.75, 3.05) is 12.4 Å². The molecule has 0 unspecified atom stereocenters. The first-order chi connectivity index (χ1) is 14.4. The molecule has 9 nitrogen and oxygen atoms in total. The molecule has 1 fully saturated rings. The van der Waals surface area contributed by atoms with E-state index in [0.29, 0.717) is 33.8 Å². The molecule has 1 aromatic carbocycles. The van der Waals surface area contributed by atoms with E-state index in [1.807, 2.05) is 16.8 Å². The van der Waals surface area contributed by atoms with E-state index < -0.39 is 10.8 Å². The van der Waals surface area contributed by atoms with E-state index in [2.05, 4.69) is 16.4 Å². The number of aromatic nitrogens is 3. The number of nitrogens with zero attached hydrogens (tertiary/aromatic N) is 4. The van der Waals surface area contributed by atoms with E-state index >= 15 is 0 Å². The maximum absolute atomic E-state index is 12.6. The Bertz CT molecular complexity index is 1240. The van der Waals surface area contributed by atoms with Gasteiger partial charge < -0.3 is 10.3 Å². The van der Waals surface area contributed by atoms with Crippen molar-refractivity contribution in [1.29, 1.82) is 5.26 Å². The van der Waals surface area contributed by atoms with Crippen LogP contribution >= 0.6 is 10.8 Å². The van der Waals surface area contributed by atoms with Gasteiger partial charge in [-0.2, -0.15) is 10.4 Å². The second kappa shape index (κ2) is 6.85. The molecule has 0 radical (unpaired) electrons. The molecule has 3 aromatic rings. The molecule has 0 bridgehead atoms. The standard InChI is InChI=1S/C20H22N6O3S/c1-25-11-13-9-14(5-6-17(13)30(25,28)29)23-19-18-16(7-8-22-20(18)27)26(24-19)15-4-2-3-12(15)10-21/h5-9,12,15,28-29H,2-4,11H2,1H3,(H,22,27)(H,23,24)/t12-,15+/m1/s1. The van der Waals surface area contributed by atoms with Crippen molar-refractivity contribution < 1.29 is 9.11 Å². The van der Waals surface area contributed by atoms with Gasteiger partial charge in [-0.3, -0.25) is 18.6 Å². The number of rotatable bonds is 3. The topological polar surface area (TPSA) is 130 Å². The Morgan fingerprint density at radius 2 is 2.17 bits per heavy atom. The number of fused-ring (bicyclic) bond motifs is 2. The first kappa shape index (κ1) is 19.1. The van der Waals surface area contributed by atoms with E-state index in [4.69, 9.17) is 5.10 Å². The van der Waals surface area contributed by atoms with Gasteiger partial charge in [0.2, 0.25) is 0 Å². The van der Waals surface area contributed by atoms with Crippen molar-refractivity contribution in [2.45, 2.75) is 36.7 Å². The summed E-state index contributed by atoms with van der Waals surface area (Å²) >= 11 is 0. The minimum Gasteiger partial charge on any atom is -0.338 e. The summed E-state index contributed by atoms with van der Waals surface area (Å²) in [6, 6.07) is 9.43. The lowest BCUT2D eigenvalue weighted by molar-refractivity contribution is 0.399. The first-order valence-electron chi connectivity index (χ1n) is 9.79. The highest BCUT2D eigenvalue weighted by molar-refractivity contribution is 8.22. The lowest BCUT2D eigenvalue weighted by Gasteiger charge is -2.34. The van der Waals surface area contributed by atoms with Crippen molar-refractivity contribution in [3.63, 3.8) is 0 Å². The molecular weight excluding hydrogens is 404 g/mol. The maximum Gasteiger partial charge on any atom is 0.261 e. The van der Waals surface area contributed by atoms with E-state index in [1.54, 1.807) is 25.4 Å². The average molecular weight is 427 g/mol. The van der Waals surface area contributed by atoms with Crippen molar-refractivity contribution in [3.8, 4) is 6.07 Å². The summed E-state index contributed by atoms with van der Waals surface area (Å²) in [6.45, 7) is 0.425. The van der Waals surface area contributed by atoms with Gasteiger partial charge in [-0.25, -0.2) is 4.31 Å². The lowest BCUT2D eigenvalue weighted by atomic mass is 10.1. The Morgan fingerprint density at radius 3 is 2.97 bits per heavy atom. The number of hydrogen-bond acceptors (Lipinski definition) is 7. The number of nitriles is 1. The van der Waals surface area contributed by atoms with Gasteiger partial charge in [0.15, 0.2) is 5.82 Å². The Morgan fingerprint density at radius 1 is 1.33 bits per heavy atom. The number of pyridine rings is 1. The van der Waals surface area contributed by atoms with E-state index in [9.17, 15) is 19.2 Å². The smallest absolute Gasteiger partial charge is 0.261 e. The van der Waals surface area contributed by atoms with E-state index in [0.717, 1.165) is 24.8 Å². The molecule has 0 spiro atoms. The molecule has 156 valence electrons. The van der Waals surface area contributed by atoms with Crippen molar-refractivity contribution in [1.82, 2.24) is 19.1 Å². The van der Waals surface area contributed by atoms with E-state index in [1.165, 1.54) is 4.31 Å². The fourth-order valence-corrected chi connectivity index (χ4v) is 5.89. The van der Waals surface area contributed by atoms with Crippen LogP contribution < -0.4 is 10.9 Å². The zero-order chi connectivity index (χ0) is 21.0. The molecular formula is C20H22N6O3S. The number of aromatic amines is 1. The molecule has 4 N–H and O–H groups in total. The average Bonchev–Trinajstić information content (AvgIpc) is 3.38. The van der Waals surface area contributed by atoms with Crippen molar-refractivity contribution in [3.05, 3.63) is 46.4 Å². The highest BCUT2D eigenvalue weighted by Crippen LogP contribution is 2.58. The molecule has 0 saturated heterocycles. The second-order valence-electron chi connectivity index (χ2n) is 7.85. The lowest BCUT2D eigenvalue weighted by Crippen LogP contribution is -2.15. The molecule has 2 aromatic heterocycles. The van der Waals surface area contributed by atoms with Crippen molar-refractivity contribution in [2.24, 2.45) is 5.92 Å². The highest BCUT2D eigenvalue weighted by Gasteiger charge is 2.33. The van der Waals surface area contributed by atoms with Gasteiger partial charge >= 0.3 is 0 Å². The van der Waals surface area contributed by atoms with Crippen LogP contribution in [0.2, 0.25) is 0 Å². The summed E-state index contributed by atoms with van der Waals surface area (Å²) in [5.74, 6) is 0.300. The summed E-state index contributed by atoms with van der Waals surface area (Å²) in [5, 5.41) is 17.9. The number of hydrogen-bond donors (Lipinski definition) is 4. The largest absolute Gasteiger partial charge is 0.338 e. The predicted molar refractivity (Wildman–Crippen MR) is 115 cm³/mol. The van der Waals surface area contributed by atoms with Crippen LogP contribution in [0.1, 0.15) is 30.9 Å². The van der Waals surface area contributed by atoms with Crippen LogP contribution in [0.5, 0.6) is 0 Å². The predicted octanol–water partition coefficient (Wildman–Crippen LogP) is 3.80. The fraction of sp³-hybridized carbons (Fsp3) is 0.350. The third kappa shape index (κ3) is 2.82. The molecule has 1 aliphatic heterocycles. The van der Waals surface area contributed by atoms with Gasteiger partial charge in [0.25, 0.3) is 5.56 Å². The SMILES string of the molecule is CN1Cc2cc(Nc3nn([C@H]4CCC[C@@H]4C#N)c4cc[nH]c(=O)c34)ccc2S1(O)O. The second-order valence-corrected chi connectivity index (χ2v) is 9.95. The summed E-state index contributed by atoms with van der Waals surface area (Å²) < 4.78 is 23.9. The zero-order valence-corrected chi connectivity index (χ0v) is 17.2. The van der Waals surface area contributed by atoms with Crippen molar-refractivity contribution >= 4 is 33.2 Å². The minimum absolute atomic E-state index is 0.0588. The minimum atomic E-state index is -2.93. The molecule has 2 aliphatic rings. The van der Waals surface area contributed by atoms with Crippen LogP contribution in [0.3, 0.4) is 0 Å². The molecule has 1 aliphatic carbocycles. The van der Waals surface area contributed by atoms with Gasteiger partial charge in [-0.05, 0) is 49.1 Å². The number of H-pyrrole nitrogens is 1. The van der Waals surface area contributed by atoms with Gasteiger partial charge in [0.05, 0.1) is 28.4 Å². The summed E-state index contributed by atoms with van der Waals surface area (Å²) in [4.78, 5) is 15.8. The molecule has 3 heterocycles. The third-order valence-corrected chi connectivity index (χ3v) is 8.02. The quantitative estimate of drug-likeness (QED) is 0.501. The third-order valence-electron chi connectivity index (χ3n) is 6.04. The van der Waals surface area contributed by atoms with Crippen LogP contribution in [0.25, 0.3) is 10.9 Å². The number of nitrogens with one attached hydrogen (secondary N) is 2. The molecule has 5 rings (SSSR count). The molecule has 2 atom stereocenters. The fourth-order valence-electron chi connectivity index (χ4n) is 4.51. The maximum atomic E-state index is 12.6. The molecule has 10 heteroatoms. The number of anilines is 2. The normalized spacial score (nSPS) is 23.9. The van der Waals surface area contributed by atoms with Crippen LogP contribution in [0, 0.1) is 17.2 Å². The monoisotopic (exact) mass is 426 g/mol. The molecule has 0 amide bonds. The number of benzene rings is 1. The van der Waals surface area contributed by atoms with Gasteiger partial charge in [0.1, 0.15) is 5.39 Å². The Hall–Kier alpha value is -2.84. The zero-order valence-electron chi connectivity index (χ0n) is 16.4. The first-order valence-corrected chi connectivity index (χ1v) is 11.3. The van der Waals surface area contributed by atoms with Crippen LogP contribution in [-0.4, -0.2) is 35.2 Å². The molecule has 1 saturated carbocycles. The van der Waals surface area contributed by atoms with Crippen LogP contribution in [-0.2, 0) is 6.54 Å². The summed E-state index contributed by atoms with van der Waals surface area (Å²) in [6.07, 6.45) is 4.24. The summed E-state index contributed by atoms with van der Waals surface area (Å²) in [5.41, 5.74) is 1.98. The Kier molecular flexibility index (Phi) is 4.37. The van der Waals surface area contributed by atoms with Gasteiger partial charge in [-0.1, -0.05) is 0 Å². The van der Waals surface area contributed by atoms with Gasteiger partial charge in [-0.15, -0.1) is 10.8 Å². The molecule has 30 heavy (non-hydrogen) atoms. The Labute approximate surface area is 174 Å². The summed E-state index contributed by atoms with van der Waals surface area (Å²) in [7, 11) is -1.26. The highest BCUT2D eigenvalue weighted by atomic mass is 32.3. The van der Waals surface area contributed by atoms with Gasteiger partial charge in [0, 0.05) is 25.5 Å².